The van der Waals surface area contributed by atoms with E-state index in [1.807, 2.05) is 24.5 Å². The largest absolute Gasteiger partial charge is 0.370 e. The number of hydrogen-bond acceptors (Lipinski definition) is 4. The first-order valence-electron chi connectivity index (χ1n) is 6.76. The summed E-state index contributed by atoms with van der Waals surface area (Å²) in [5, 5.41) is 9.38. The van der Waals surface area contributed by atoms with Crippen LogP contribution >= 0.6 is 11.8 Å². The third-order valence-corrected chi connectivity index (χ3v) is 4.56. The number of carbonyl (C=O) groups excluding carboxylic acids is 1. The molecule has 106 valence electrons. The van der Waals surface area contributed by atoms with Crippen molar-refractivity contribution in [2.45, 2.75) is 24.2 Å². The Kier molecular flexibility index (Phi) is 4.91. The molecule has 0 radical (unpaired) electrons. The van der Waals surface area contributed by atoms with Gasteiger partial charge in [-0.05, 0) is 37.1 Å². The predicted octanol–water partition coefficient (Wildman–Crippen LogP) is 2.37. The Morgan fingerprint density at radius 3 is 2.75 bits per heavy atom. The standard InChI is InChI=1S/C15H19N3OS/c1-20-14-4-2-3-13(12(14)10-16)18-7-5-11(6-8-18)9-15(17)19/h2-4,11H,5-9H2,1H3,(H2,17,19). The fraction of sp³-hybridized carbons (Fsp3) is 0.467. The average Bonchev–Trinajstić information content (AvgIpc) is 2.46. The van der Waals surface area contributed by atoms with E-state index >= 15 is 0 Å². The zero-order chi connectivity index (χ0) is 14.5. The number of carbonyl (C=O) groups is 1. The van der Waals surface area contributed by atoms with Crippen molar-refractivity contribution in [3.8, 4) is 6.07 Å². The number of anilines is 1. The predicted molar refractivity (Wildman–Crippen MR) is 81.7 cm³/mol. The minimum atomic E-state index is -0.217. The van der Waals surface area contributed by atoms with Gasteiger partial charge >= 0.3 is 0 Å². The molecule has 2 N–H and O–H groups in total. The molecule has 1 amide bonds. The fourth-order valence-corrected chi connectivity index (χ4v) is 3.30. The average molecular weight is 289 g/mol. The lowest BCUT2D eigenvalue weighted by atomic mass is 9.92. The summed E-state index contributed by atoms with van der Waals surface area (Å²) in [5.41, 5.74) is 7.02. The monoisotopic (exact) mass is 289 g/mol. The maximum Gasteiger partial charge on any atom is 0.217 e. The Balaban J connectivity index is 2.11. The molecule has 0 saturated carbocycles. The normalized spacial score (nSPS) is 15.9. The lowest BCUT2D eigenvalue weighted by molar-refractivity contribution is -0.119. The van der Waals surface area contributed by atoms with E-state index in [1.54, 1.807) is 11.8 Å². The van der Waals surface area contributed by atoms with E-state index in [2.05, 4.69) is 11.0 Å². The number of hydrogen-bond donors (Lipinski definition) is 1. The first kappa shape index (κ1) is 14.7. The molecule has 0 atom stereocenters. The molecule has 1 heterocycles. The van der Waals surface area contributed by atoms with Crippen molar-refractivity contribution in [3.05, 3.63) is 23.8 Å². The van der Waals surface area contributed by atoms with Crippen LogP contribution in [0.1, 0.15) is 24.8 Å². The lowest BCUT2D eigenvalue weighted by Gasteiger charge is -2.34. The SMILES string of the molecule is CSc1cccc(N2CCC(CC(N)=O)CC2)c1C#N. The Labute approximate surface area is 123 Å². The van der Waals surface area contributed by atoms with E-state index in [9.17, 15) is 10.1 Å². The van der Waals surface area contributed by atoms with Gasteiger partial charge in [0.1, 0.15) is 6.07 Å². The first-order chi connectivity index (χ1) is 9.65. The summed E-state index contributed by atoms with van der Waals surface area (Å²) < 4.78 is 0. The van der Waals surface area contributed by atoms with Crippen LogP contribution in [0, 0.1) is 17.2 Å². The summed E-state index contributed by atoms with van der Waals surface area (Å²) in [6.45, 7) is 1.76. The van der Waals surface area contributed by atoms with Gasteiger partial charge in [0.05, 0.1) is 11.3 Å². The van der Waals surface area contributed by atoms with Crippen LogP contribution in [-0.2, 0) is 4.79 Å². The molecule has 1 fully saturated rings. The van der Waals surface area contributed by atoms with Crippen LogP contribution in [0.4, 0.5) is 5.69 Å². The topological polar surface area (TPSA) is 70.1 Å². The molecule has 1 aromatic carbocycles. The highest BCUT2D eigenvalue weighted by Gasteiger charge is 2.23. The molecule has 0 bridgehead atoms. The van der Waals surface area contributed by atoms with E-state index in [1.165, 1.54) is 0 Å². The van der Waals surface area contributed by atoms with E-state index in [0.29, 0.717) is 12.3 Å². The van der Waals surface area contributed by atoms with Crippen molar-refractivity contribution in [2.24, 2.45) is 11.7 Å². The number of nitrogens with zero attached hydrogens (tertiary/aromatic N) is 2. The minimum absolute atomic E-state index is 0.217. The molecular weight excluding hydrogens is 270 g/mol. The zero-order valence-electron chi connectivity index (χ0n) is 11.6. The van der Waals surface area contributed by atoms with Crippen LogP contribution in [0.2, 0.25) is 0 Å². The van der Waals surface area contributed by atoms with Crippen LogP contribution in [0.15, 0.2) is 23.1 Å². The van der Waals surface area contributed by atoms with Gasteiger partial charge in [0.2, 0.25) is 5.91 Å². The number of primary amides is 1. The summed E-state index contributed by atoms with van der Waals surface area (Å²) in [4.78, 5) is 14.2. The second-order valence-electron chi connectivity index (χ2n) is 5.07. The Morgan fingerprint density at radius 2 is 2.20 bits per heavy atom. The number of nitriles is 1. The number of thioether (sulfide) groups is 1. The second kappa shape index (κ2) is 6.67. The molecule has 1 aromatic rings. The van der Waals surface area contributed by atoms with Gasteiger partial charge in [-0.3, -0.25) is 4.79 Å². The molecule has 2 rings (SSSR count). The highest BCUT2D eigenvalue weighted by molar-refractivity contribution is 7.98. The number of piperidine rings is 1. The molecule has 0 spiro atoms. The first-order valence-corrected chi connectivity index (χ1v) is 7.98. The summed E-state index contributed by atoms with van der Waals surface area (Å²) in [6.07, 6.45) is 4.37. The molecule has 1 aliphatic heterocycles. The van der Waals surface area contributed by atoms with E-state index in [-0.39, 0.29) is 5.91 Å². The van der Waals surface area contributed by atoms with E-state index in [0.717, 1.165) is 42.1 Å². The fourth-order valence-electron chi connectivity index (χ4n) is 2.73. The van der Waals surface area contributed by atoms with Crippen LogP contribution in [0.5, 0.6) is 0 Å². The molecule has 5 heteroatoms. The summed E-state index contributed by atoms with van der Waals surface area (Å²) >= 11 is 1.60. The number of amides is 1. The zero-order valence-corrected chi connectivity index (χ0v) is 12.4. The third-order valence-electron chi connectivity index (χ3n) is 3.78. The quantitative estimate of drug-likeness (QED) is 0.864. The van der Waals surface area contributed by atoms with Gasteiger partial charge in [-0.2, -0.15) is 5.26 Å². The van der Waals surface area contributed by atoms with Gasteiger partial charge in [-0.15, -0.1) is 11.8 Å². The van der Waals surface area contributed by atoms with Crippen LogP contribution in [0.3, 0.4) is 0 Å². The van der Waals surface area contributed by atoms with E-state index < -0.39 is 0 Å². The smallest absolute Gasteiger partial charge is 0.217 e. The Bertz CT molecular complexity index is 530. The van der Waals surface area contributed by atoms with Crippen molar-refractivity contribution in [3.63, 3.8) is 0 Å². The van der Waals surface area contributed by atoms with Gasteiger partial charge < -0.3 is 10.6 Å². The van der Waals surface area contributed by atoms with Crippen molar-refractivity contribution in [1.29, 1.82) is 5.26 Å². The van der Waals surface area contributed by atoms with Crippen molar-refractivity contribution < 1.29 is 4.79 Å². The maximum absolute atomic E-state index is 11.0. The molecule has 1 saturated heterocycles. The molecule has 4 nitrogen and oxygen atoms in total. The van der Waals surface area contributed by atoms with Crippen LogP contribution < -0.4 is 10.6 Å². The number of benzene rings is 1. The van der Waals surface area contributed by atoms with Crippen molar-refractivity contribution >= 4 is 23.4 Å². The summed E-state index contributed by atoms with van der Waals surface area (Å²) in [6, 6.07) is 8.30. The van der Waals surface area contributed by atoms with Crippen LogP contribution in [-0.4, -0.2) is 25.3 Å². The van der Waals surface area contributed by atoms with Gasteiger partial charge in [-0.1, -0.05) is 6.07 Å². The van der Waals surface area contributed by atoms with Crippen molar-refractivity contribution in [2.75, 3.05) is 24.2 Å². The second-order valence-corrected chi connectivity index (χ2v) is 5.92. The minimum Gasteiger partial charge on any atom is -0.370 e. The summed E-state index contributed by atoms with van der Waals surface area (Å²) in [7, 11) is 0. The highest BCUT2D eigenvalue weighted by Crippen LogP contribution is 2.32. The van der Waals surface area contributed by atoms with Gasteiger partial charge in [0.15, 0.2) is 0 Å². The van der Waals surface area contributed by atoms with E-state index in [4.69, 9.17) is 5.73 Å². The third kappa shape index (κ3) is 3.26. The van der Waals surface area contributed by atoms with Gasteiger partial charge in [-0.25, -0.2) is 0 Å². The molecular formula is C15H19N3OS. The maximum atomic E-state index is 11.0. The lowest BCUT2D eigenvalue weighted by Crippen LogP contribution is -2.35. The highest BCUT2D eigenvalue weighted by atomic mass is 32.2. The number of nitrogens with two attached hydrogens (primary N) is 1. The van der Waals surface area contributed by atoms with Crippen LogP contribution in [0.25, 0.3) is 0 Å². The summed E-state index contributed by atoms with van der Waals surface area (Å²) in [5.74, 6) is 0.170. The molecule has 0 unspecified atom stereocenters. The van der Waals surface area contributed by atoms with Gasteiger partial charge in [0.25, 0.3) is 0 Å². The molecule has 20 heavy (non-hydrogen) atoms. The van der Waals surface area contributed by atoms with Gasteiger partial charge in [0, 0.05) is 24.4 Å². The molecule has 0 aliphatic carbocycles. The Hall–Kier alpha value is -1.67. The molecule has 0 aromatic heterocycles. The Morgan fingerprint density at radius 1 is 1.50 bits per heavy atom. The number of rotatable bonds is 4. The van der Waals surface area contributed by atoms with Crippen molar-refractivity contribution in [1.82, 2.24) is 0 Å². The molecule has 1 aliphatic rings.